The van der Waals surface area contributed by atoms with E-state index in [4.69, 9.17) is 9.84 Å². The first-order chi connectivity index (χ1) is 12.6. The van der Waals surface area contributed by atoms with Crippen molar-refractivity contribution in [3.8, 4) is 0 Å². The molecule has 2 aliphatic rings. The first kappa shape index (κ1) is 22.2. The van der Waals surface area contributed by atoms with Gasteiger partial charge in [-0.2, -0.15) is 0 Å². The Balaban J connectivity index is 2.03. The number of carbonyl (C=O) groups is 2. The lowest BCUT2D eigenvalue weighted by Crippen LogP contribution is -2.51. The second-order valence-corrected chi connectivity index (χ2v) is 9.12. The molecule has 156 valence electrons. The minimum Gasteiger partial charge on any atom is -0.481 e. The number of esters is 1. The van der Waals surface area contributed by atoms with Crippen molar-refractivity contribution in [3.63, 3.8) is 0 Å². The number of aliphatic hydroxyl groups excluding tert-OH is 2. The van der Waals surface area contributed by atoms with Crippen LogP contribution in [0.15, 0.2) is 0 Å². The Labute approximate surface area is 162 Å². The van der Waals surface area contributed by atoms with Gasteiger partial charge in [0.25, 0.3) is 0 Å². The molecule has 0 aromatic heterocycles. The predicted molar refractivity (Wildman–Crippen MR) is 101 cm³/mol. The summed E-state index contributed by atoms with van der Waals surface area (Å²) in [5, 5.41) is 28.8. The van der Waals surface area contributed by atoms with Gasteiger partial charge in [-0.15, -0.1) is 0 Å². The fourth-order valence-corrected chi connectivity index (χ4v) is 5.62. The maximum absolute atomic E-state index is 11.6. The molecule has 0 amide bonds. The molecule has 0 spiro atoms. The van der Waals surface area contributed by atoms with Gasteiger partial charge in [0, 0.05) is 12.8 Å². The molecular weight excluding hydrogens is 348 g/mol. The van der Waals surface area contributed by atoms with Gasteiger partial charge >= 0.3 is 11.9 Å². The van der Waals surface area contributed by atoms with Crippen molar-refractivity contribution in [1.29, 1.82) is 0 Å². The number of carboxylic acids is 1. The third kappa shape index (κ3) is 5.92. The molecule has 0 radical (unpaired) electrons. The van der Waals surface area contributed by atoms with E-state index in [2.05, 4.69) is 13.8 Å². The monoisotopic (exact) mass is 384 g/mol. The van der Waals surface area contributed by atoms with Crippen LogP contribution in [0.1, 0.15) is 78.6 Å². The molecule has 27 heavy (non-hydrogen) atoms. The van der Waals surface area contributed by atoms with E-state index in [1.54, 1.807) is 0 Å². The van der Waals surface area contributed by atoms with Crippen LogP contribution in [0.4, 0.5) is 0 Å². The van der Waals surface area contributed by atoms with Gasteiger partial charge in [-0.05, 0) is 68.6 Å². The zero-order valence-electron chi connectivity index (χ0n) is 16.9. The van der Waals surface area contributed by atoms with Gasteiger partial charge in [0.1, 0.15) is 6.10 Å². The normalized spacial score (nSPS) is 35.7. The molecule has 0 bridgehead atoms. The van der Waals surface area contributed by atoms with Gasteiger partial charge in [-0.1, -0.05) is 13.8 Å². The van der Waals surface area contributed by atoms with Gasteiger partial charge in [-0.25, -0.2) is 0 Å². The van der Waals surface area contributed by atoms with Crippen LogP contribution in [0.3, 0.4) is 0 Å². The minimum atomic E-state index is -1.06. The summed E-state index contributed by atoms with van der Waals surface area (Å²) in [5.41, 5.74) is 0.170. The maximum Gasteiger partial charge on any atom is 0.305 e. The highest BCUT2D eigenvalue weighted by molar-refractivity contribution is 5.67. The molecule has 2 fully saturated rings. The molecule has 2 aliphatic carbocycles. The number of fused-ring (bicyclic) bond motifs is 1. The third-order valence-corrected chi connectivity index (χ3v) is 6.91. The molecule has 6 nitrogen and oxygen atoms in total. The van der Waals surface area contributed by atoms with Crippen LogP contribution >= 0.6 is 0 Å². The van der Waals surface area contributed by atoms with Gasteiger partial charge in [-0.3, -0.25) is 9.59 Å². The van der Waals surface area contributed by atoms with E-state index < -0.39 is 18.2 Å². The molecule has 6 heteroatoms. The molecule has 0 aliphatic heterocycles. The lowest BCUT2D eigenvalue weighted by atomic mass is 9.52. The maximum atomic E-state index is 11.6. The number of aliphatic carboxylic acids is 1. The molecule has 2 saturated carbocycles. The Hall–Kier alpha value is -1.14. The largest absolute Gasteiger partial charge is 0.481 e. The molecule has 0 heterocycles. The number of hydrogen-bond donors (Lipinski definition) is 3. The summed E-state index contributed by atoms with van der Waals surface area (Å²) in [5.74, 6) is -0.124. The van der Waals surface area contributed by atoms with Crippen LogP contribution in [-0.4, -0.2) is 45.6 Å². The van der Waals surface area contributed by atoms with Crippen molar-refractivity contribution in [1.82, 2.24) is 0 Å². The minimum absolute atomic E-state index is 0.0521. The molecule has 0 aromatic carbocycles. The zero-order chi connectivity index (χ0) is 20.2. The highest BCUT2D eigenvalue weighted by Gasteiger charge is 2.51. The van der Waals surface area contributed by atoms with E-state index in [0.717, 1.165) is 38.5 Å². The summed E-state index contributed by atoms with van der Waals surface area (Å²) in [6.45, 7) is 6.04. The molecule has 2 rings (SSSR count). The summed E-state index contributed by atoms with van der Waals surface area (Å²) >= 11 is 0. The van der Waals surface area contributed by atoms with Crippen molar-refractivity contribution in [2.45, 2.75) is 96.9 Å². The Morgan fingerprint density at radius 1 is 1.19 bits per heavy atom. The molecule has 3 N–H and O–H groups in total. The Bertz CT molecular complexity index is 521. The average Bonchev–Trinajstić information content (AvgIpc) is 2.53. The van der Waals surface area contributed by atoms with E-state index in [1.165, 1.54) is 6.92 Å². The van der Waals surface area contributed by atoms with Crippen LogP contribution in [0.2, 0.25) is 0 Å². The number of ether oxygens (including phenoxy) is 1. The molecular formula is C21H36O6. The van der Waals surface area contributed by atoms with E-state index in [9.17, 15) is 19.8 Å². The zero-order valence-corrected chi connectivity index (χ0v) is 16.9. The smallest absolute Gasteiger partial charge is 0.305 e. The first-order valence-electron chi connectivity index (χ1n) is 10.4. The van der Waals surface area contributed by atoms with Crippen molar-refractivity contribution >= 4 is 11.9 Å². The highest BCUT2D eigenvalue weighted by atomic mass is 16.5. The quantitative estimate of drug-likeness (QED) is 0.556. The highest BCUT2D eigenvalue weighted by Crippen LogP contribution is 2.56. The number of rotatable bonds is 8. The van der Waals surface area contributed by atoms with E-state index in [-0.39, 0.29) is 30.3 Å². The van der Waals surface area contributed by atoms with Crippen LogP contribution in [0.5, 0.6) is 0 Å². The molecule has 1 unspecified atom stereocenters. The lowest BCUT2D eigenvalue weighted by molar-refractivity contribution is -0.165. The van der Waals surface area contributed by atoms with Crippen molar-refractivity contribution in [3.05, 3.63) is 0 Å². The first-order valence-corrected chi connectivity index (χ1v) is 10.4. The molecule has 0 saturated heterocycles. The Kier molecular flexibility index (Phi) is 7.69. The van der Waals surface area contributed by atoms with Crippen LogP contribution in [-0.2, 0) is 14.3 Å². The van der Waals surface area contributed by atoms with E-state index >= 15 is 0 Å². The number of aliphatic hydroxyl groups is 2. The van der Waals surface area contributed by atoms with E-state index in [1.807, 2.05) is 0 Å². The lowest BCUT2D eigenvalue weighted by Gasteiger charge is -2.54. The summed E-state index contributed by atoms with van der Waals surface area (Å²) in [6, 6.07) is 0. The standard InChI is InChI=1S/C21H36O6/c1-13-8-10-21(3)9-4-5-18(27-14(2)22)20(21)17(13)7-6-15(23)11-16(24)12-19(25)26/h13,15-18,20,23-24H,4-12H2,1-3H3,(H,25,26)/t13-,15?,16+,17-,18-,20-,21+/m0/s1. The summed E-state index contributed by atoms with van der Waals surface area (Å²) in [4.78, 5) is 22.3. The second-order valence-electron chi connectivity index (χ2n) is 9.12. The van der Waals surface area contributed by atoms with Gasteiger partial charge < -0.3 is 20.1 Å². The van der Waals surface area contributed by atoms with Gasteiger partial charge in [0.15, 0.2) is 0 Å². The summed E-state index contributed by atoms with van der Waals surface area (Å²) in [7, 11) is 0. The van der Waals surface area contributed by atoms with Crippen LogP contribution < -0.4 is 0 Å². The van der Waals surface area contributed by atoms with Crippen LogP contribution in [0.25, 0.3) is 0 Å². The molecule has 7 atom stereocenters. The van der Waals surface area contributed by atoms with Gasteiger partial charge in [0.2, 0.25) is 0 Å². The Morgan fingerprint density at radius 3 is 2.52 bits per heavy atom. The summed E-state index contributed by atoms with van der Waals surface area (Å²) in [6.07, 6.45) is 4.72. The summed E-state index contributed by atoms with van der Waals surface area (Å²) < 4.78 is 5.71. The van der Waals surface area contributed by atoms with E-state index in [0.29, 0.717) is 24.2 Å². The third-order valence-electron chi connectivity index (χ3n) is 6.91. The SMILES string of the molecule is CC(=O)O[C@H]1CCC[C@]2(C)CC[C@H](C)[C@H](CCC(O)C[C@@H](O)CC(=O)O)[C@@H]12. The topological polar surface area (TPSA) is 104 Å². The number of carbonyl (C=O) groups excluding carboxylic acids is 1. The second kappa shape index (κ2) is 9.37. The van der Waals surface area contributed by atoms with Crippen molar-refractivity contribution in [2.75, 3.05) is 0 Å². The van der Waals surface area contributed by atoms with Crippen LogP contribution in [0, 0.1) is 23.2 Å². The number of hydrogen-bond acceptors (Lipinski definition) is 5. The number of carboxylic acid groups (broad SMARTS) is 1. The molecule has 0 aromatic rings. The predicted octanol–water partition coefficient (Wildman–Crippen LogP) is 3.14. The fourth-order valence-electron chi connectivity index (χ4n) is 5.62. The average molecular weight is 385 g/mol. The van der Waals surface area contributed by atoms with Crippen molar-refractivity contribution in [2.24, 2.45) is 23.2 Å². The Morgan fingerprint density at radius 2 is 1.89 bits per heavy atom. The van der Waals surface area contributed by atoms with Gasteiger partial charge in [0.05, 0.1) is 18.6 Å². The van der Waals surface area contributed by atoms with Crippen molar-refractivity contribution < 1.29 is 29.6 Å². The fraction of sp³-hybridized carbons (Fsp3) is 0.905.